The highest BCUT2D eigenvalue weighted by Crippen LogP contribution is 2.20. The maximum absolute atomic E-state index is 5.52. The second-order valence-electron chi connectivity index (χ2n) is 3.59. The Bertz CT molecular complexity index is 494. The average Bonchev–Trinajstić information content (AvgIpc) is 2.81. The molecule has 0 aliphatic heterocycles. The third kappa shape index (κ3) is 2.32. The molecule has 1 unspecified atom stereocenters. The summed E-state index contributed by atoms with van der Waals surface area (Å²) >= 11 is 0. The van der Waals surface area contributed by atoms with Gasteiger partial charge in [-0.15, -0.1) is 0 Å². The zero-order chi connectivity index (χ0) is 12.3. The predicted molar refractivity (Wildman–Crippen MR) is 61.1 cm³/mol. The van der Waals surface area contributed by atoms with Crippen LogP contribution in [0, 0.1) is 6.92 Å². The molecule has 0 aromatic carbocycles. The molecular weight excluding hydrogens is 220 g/mol. The Morgan fingerprint density at radius 1 is 1.53 bits per heavy atom. The number of rotatable bonds is 4. The highest BCUT2D eigenvalue weighted by atomic mass is 16.5. The summed E-state index contributed by atoms with van der Waals surface area (Å²) in [6.45, 7) is 2.23. The molecule has 2 N–H and O–H groups in total. The number of hydrogen-bond donors (Lipinski definition) is 1. The third-order valence-corrected chi connectivity index (χ3v) is 2.44. The van der Waals surface area contributed by atoms with Gasteiger partial charge in [-0.2, -0.15) is 4.98 Å². The van der Waals surface area contributed by atoms with Gasteiger partial charge in [0.05, 0.1) is 0 Å². The van der Waals surface area contributed by atoms with Crippen LogP contribution in [0.3, 0.4) is 0 Å². The fourth-order valence-electron chi connectivity index (χ4n) is 1.48. The SMILES string of the molecule is COC(CN)c1nc(-c2ncccc2C)no1. The molecule has 2 aromatic rings. The van der Waals surface area contributed by atoms with Crippen molar-refractivity contribution in [1.82, 2.24) is 15.1 Å². The minimum atomic E-state index is -0.375. The number of methoxy groups -OCH3 is 1. The van der Waals surface area contributed by atoms with Crippen molar-refractivity contribution in [3.8, 4) is 11.5 Å². The largest absolute Gasteiger partial charge is 0.370 e. The Morgan fingerprint density at radius 3 is 3.00 bits per heavy atom. The maximum Gasteiger partial charge on any atom is 0.257 e. The number of ether oxygens (including phenoxy) is 1. The maximum atomic E-state index is 5.52. The third-order valence-electron chi connectivity index (χ3n) is 2.44. The van der Waals surface area contributed by atoms with Crippen LogP contribution >= 0.6 is 0 Å². The first kappa shape index (κ1) is 11.7. The second-order valence-corrected chi connectivity index (χ2v) is 3.59. The second kappa shape index (κ2) is 5.03. The number of aromatic nitrogens is 3. The average molecular weight is 234 g/mol. The van der Waals surface area contributed by atoms with E-state index < -0.39 is 0 Å². The van der Waals surface area contributed by atoms with Gasteiger partial charge in [-0.25, -0.2) is 0 Å². The first-order valence-corrected chi connectivity index (χ1v) is 5.24. The summed E-state index contributed by atoms with van der Waals surface area (Å²) in [5.41, 5.74) is 7.22. The molecule has 0 aliphatic rings. The molecule has 0 aliphatic carbocycles. The smallest absolute Gasteiger partial charge is 0.257 e. The Balaban J connectivity index is 2.33. The first-order valence-electron chi connectivity index (χ1n) is 5.24. The van der Waals surface area contributed by atoms with E-state index in [1.165, 1.54) is 0 Å². The monoisotopic (exact) mass is 234 g/mol. The van der Waals surface area contributed by atoms with Gasteiger partial charge in [0, 0.05) is 19.9 Å². The minimum absolute atomic E-state index is 0.291. The van der Waals surface area contributed by atoms with E-state index in [9.17, 15) is 0 Å². The van der Waals surface area contributed by atoms with Gasteiger partial charge in [0.25, 0.3) is 5.89 Å². The lowest BCUT2D eigenvalue weighted by Crippen LogP contribution is -2.14. The lowest BCUT2D eigenvalue weighted by molar-refractivity contribution is 0.0804. The van der Waals surface area contributed by atoms with Crippen molar-refractivity contribution in [1.29, 1.82) is 0 Å². The number of pyridine rings is 1. The van der Waals surface area contributed by atoms with Crippen LogP contribution in [0.4, 0.5) is 0 Å². The minimum Gasteiger partial charge on any atom is -0.370 e. The van der Waals surface area contributed by atoms with E-state index >= 15 is 0 Å². The van der Waals surface area contributed by atoms with Gasteiger partial charge < -0.3 is 15.0 Å². The summed E-state index contributed by atoms with van der Waals surface area (Å²) in [6.07, 6.45) is 1.31. The van der Waals surface area contributed by atoms with Crippen molar-refractivity contribution >= 4 is 0 Å². The normalized spacial score (nSPS) is 12.6. The van der Waals surface area contributed by atoms with Crippen molar-refractivity contribution in [3.63, 3.8) is 0 Å². The fraction of sp³-hybridized carbons (Fsp3) is 0.364. The predicted octanol–water partition coefficient (Wildman–Crippen LogP) is 1.09. The molecule has 6 heteroatoms. The van der Waals surface area contributed by atoms with Crippen LogP contribution in [-0.4, -0.2) is 28.8 Å². The zero-order valence-corrected chi connectivity index (χ0v) is 9.75. The Labute approximate surface area is 98.8 Å². The molecule has 0 radical (unpaired) electrons. The van der Waals surface area contributed by atoms with Crippen molar-refractivity contribution in [2.45, 2.75) is 13.0 Å². The van der Waals surface area contributed by atoms with E-state index in [4.69, 9.17) is 15.0 Å². The molecule has 2 aromatic heterocycles. The summed E-state index contributed by atoms with van der Waals surface area (Å²) in [5, 5.41) is 3.88. The van der Waals surface area contributed by atoms with Crippen LogP contribution in [0.1, 0.15) is 17.6 Å². The van der Waals surface area contributed by atoms with Crippen LogP contribution in [0.5, 0.6) is 0 Å². The molecule has 0 spiro atoms. The highest BCUT2D eigenvalue weighted by Gasteiger charge is 2.18. The summed E-state index contributed by atoms with van der Waals surface area (Å²) in [4.78, 5) is 8.45. The molecule has 6 nitrogen and oxygen atoms in total. The van der Waals surface area contributed by atoms with E-state index in [1.807, 2.05) is 19.1 Å². The summed E-state index contributed by atoms with van der Waals surface area (Å²) < 4.78 is 10.2. The van der Waals surface area contributed by atoms with E-state index in [0.29, 0.717) is 24.0 Å². The summed E-state index contributed by atoms with van der Waals surface area (Å²) in [6, 6.07) is 3.80. The molecule has 2 heterocycles. The van der Waals surface area contributed by atoms with Crippen LogP contribution in [0.2, 0.25) is 0 Å². The number of aryl methyl sites for hydroxylation is 1. The van der Waals surface area contributed by atoms with Crippen LogP contribution in [-0.2, 0) is 4.74 Å². The van der Waals surface area contributed by atoms with Gasteiger partial charge in [-0.05, 0) is 18.6 Å². The van der Waals surface area contributed by atoms with E-state index in [2.05, 4.69) is 15.1 Å². The summed E-state index contributed by atoms with van der Waals surface area (Å²) in [5.74, 6) is 0.823. The van der Waals surface area contributed by atoms with Gasteiger partial charge in [0.1, 0.15) is 11.8 Å². The van der Waals surface area contributed by atoms with Crippen molar-refractivity contribution < 1.29 is 9.26 Å². The Hall–Kier alpha value is -1.79. The van der Waals surface area contributed by atoms with E-state index in [0.717, 1.165) is 5.56 Å². The molecule has 0 bridgehead atoms. The van der Waals surface area contributed by atoms with Gasteiger partial charge in [0.2, 0.25) is 5.82 Å². The molecule has 2 rings (SSSR count). The standard InChI is InChI=1S/C11H14N4O2/c1-7-4-3-5-13-9(7)10-14-11(17-15-10)8(6-12)16-2/h3-5,8H,6,12H2,1-2H3. The quantitative estimate of drug-likeness (QED) is 0.851. The Kier molecular flexibility index (Phi) is 3.46. The van der Waals surface area contributed by atoms with Gasteiger partial charge in [0.15, 0.2) is 0 Å². The van der Waals surface area contributed by atoms with Crippen LogP contribution in [0.15, 0.2) is 22.9 Å². The number of hydrogen-bond acceptors (Lipinski definition) is 6. The molecule has 0 fully saturated rings. The molecule has 0 saturated heterocycles. The molecule has 17 heavy (non-hydrogen) atoms. The van der Waals surface area contributed by atoms with E-state index in [1.54, 1.807) is 13.3 Å². The lowest BCUT2D eigenvalue weighted by Gasteiger charge is -2.05. The van der Waals surface area contributed by atoms with Crippen LogP contribution < -0.4 is 5.73 Å². The lowest BCUT2D eigenvalue weighted by atomic mass is 10.2. The number of nitrogens with two attached hydrogens (primary N) is 1. The molecule has 0 amide bonds. The molecule has 0 saturated carbocycles. The topological polar surface area (TPSA) is 87.1 Å². The molecular formula is C11H14N4O2. The highest BCUT2D eigenvalue weighted by molar-refractivity contribution is 5.53. The van der Waals surface area contributed by atoms with Gasteiger partial charge >= 0.3 is 0 Å². The van der Waals surface area contributed by atoms with Crippen molar-refractivity contribution in [2.24, 2.45) is 5.73 Å². The zero-order valence-electron chi connectivity index (χ0n) is 9.75. The Morgan fingerprint density at radius 2 is 2.35 bits per heavy atom. The summed E-state index contributed by atoms with van der Waals surface area (Å²) in [7, 11) is 1.55. The van der Waals surface area contributed by atoms with E-state index in [-0.39, 0.29) is 6.10 Å². The molecule has 90 valence electrons. The van der Waals surface area contributed by atoms with Gasteiger partial charge in [-0.3, -0.25) is 4.98 Å². The van der Waals surface area contributed by atoms with Crippen molar-refractivity contribution in [3.05, 3.63) is 29.8 Å². The van der Waals surface area contributed by atoms with Crippen molar-refractivity contribution in [2.75, 3.05) is 13.7 Å². The fourth-order valence-corrected chi connectivity index (χ4v) is 1.48. The van der Waals surface area contributed by atoms with Gasteiger partial charge in [-0.1, -0.05) is 11.2 Å². The van der Waals surface area contributed by atoms with Crippen LogP contribution in [0.25, 0.3) is 11.5 Å². The molecule has 1 atom stereocenters. The first-order chi connectivity index (χ1) is 8.26. The number of nitrogens with zero attached hydrogens (tertiary/aromatic N) is 3.